The molecule has 0 aliphatic carbocycles. The summed E-state index contributed by atoms with van der Waals surface area (Å²) < 4.78 is 60.1. The smallest absolute Gasteiger partial charge is 0.255 e. The molecule has 3 aromatic rings. The van der Waals surface area contributed by atoms with E-state index in [2.05, 4.69) is 5.32 Å². The third-order valence-corrected chi connectivity index (χ3v) is 9.70. The van der Waals surface area contributed by atoms with E-state index in [1.165, 1.54) is 60.9 Å². The second-order valence-corrected chi connectivity index (χ2v) is 12.9. The van der Waals surface area contributed by atoms with E-state index in [9.17, 15) is 21.6 Å². The molecule has 0 spiro atoms. The van der Waals surface area contributed by atoms with Crippen molar-refractivity contribution in [3.63, 3.8) is 0 Å². The molecule has 11 heteroatoms. The molecule has 0 atom stereocenters. The van der Waals surface area contributed by atoms with Crippen molar-refractivity contribution in [2.24, 2.45) is 0 Å². The van der Waals surface area contributed by atoms with Crippen LogP contribution in [0.2, 0.25) is 0 Å². The number of anilines is 1. The number of nitrogens with one attached hydrogen (secondary N) is 1. The average molecular weight is 544 g/mol. The van der Waals surface area contributed by atoms with Gasteiger partial charge in [0.05, 0.1) is 15.5 Å². The molecule has 1 heterocycles. The summed E-state index contributed by atoms with van der Waals surface area (Å²) in [4.78, 5) is 13.2. The molecule has 3 aromatic carbocycles. The number of nitrogens with zero attached hydrogens (tertiary/aromatic N) is 2. The Balaban J connectivity index is 1.70. The van der Waals surface area contributed by atoms with Crippen LogP contribution < -0.4 is 10.1 Å². The van der Waals surface area contributed by atoms with E-state index in [-0.39, 0.29) is 26.8 Å². The zero-order valence-electron chi connectivity index (χ0n) is 20.6. The van der Waals surface area contributed by atoms with Gasteiger partial charge >= 0.3 is 0 Å². The fraction of sp³-hybridized carbons (Fsp3) is 0.269. The quantitative estimate of drug-likeness (QED) is 0.457. The highest BCUT2D eigenvalue weighted by Gasteiger charge is 2.27. The van der Waals surface area contributed by atoms with Gasteiger partial charge < -0.3 is 10.1 Å². The molecule has 9 nitrogen and oxygen atoms in total. The summed E-state index contributed by atoms with van der Waals surface area (Å²) in [6.45, 7) is 0.888. The van der Waals surface area contributed by atoms with Crippen molar-refractivity contribution < 1.29 is 26.4 Å². The SMILES string of the molecule is CN(C)S(=O)(=O)c1cccc(C(=O)Nc2cc(S(=O)(=O)N3CCCCC3)ccc2Oc2ccccc2)c1. The van der Waals surface area contributed by atoms with Gasteiger partial charge in [-0.05, 0) is 61.4 Å². The standard InChI is InChI=1S/C26H29N3O6S2/c1-28(2)36(31,32)22-13-9-10-20(18-22)26(30)27-24-19-23(37(33,34)29-16-7-4-8-17-29)14-15-25(24)35-21-11-5-3-6-12-21/h3,5-6,9-15,18-19H,4,7-8,16-17H2,1-2H3,(H,27,30). The molecule has 1 fully saturated rings. The number of hydrogen-bond acceptors (Lipinski definition) is 6. The maximum atomic E-state index is 13.3. The molecule has 0 saturated carbocycles. The van der Waals surface area contributed by atoms with Crippen molar-refractivity contribution in [1.82, 2.24) is 8.61 Å². The first-order valence-corrected chi connectivity index (χ1v) is 14.7. The monoisotopic (exact) mass is 543 g/mol. The summed E-state index contributed by atoms with van der Waals surface area (Å²) in [5.41, 5.74) is 0.241. The second-order valence-electron chi connectivity index (χ2n) is 8.81. The Kier molecular flexibility index (Phi) is 7.98. The van der Waals surface area contributed by atoms with E-state index in [0.29, 0.717) is 18.8 Å². The Morgan fingerprint density at radius 2 is 1.54 bits per heavy atom. The lowest BCUT2D eigenvalue weighted by atomic mass is 10.2. The van der Waals surface area contributed by atoms with Crippen molar-refractivity contribution in [2.45, 2.75) is 29.1 Å². The number of hydrogen-bond donors (Lipinski definition) is 1. The summed E-state index contributed by atoms with van der Waals surface area (Å²) in [6, 6.07) is 18.9. The van der Waals surface area contributed by atoms with Gasteiger partial charge in [0.15, 0.2) is 5.75 Å². The van der Waals surface area contributed by atoms with Crippen LogP contribution in [0.15, 0.2) is 82.6 Å². The lowest BCUT2D eigenvalue weighted by Gasteiger charge is -2.26. The van der Waals surface area contributed by atoms with Crippen LogP contribution in [0.1, 0.15) is 29.6 Å². The highest BCUT2D eigenvalue weighted by molar-refractivity contribution is 7.89. The fourth-order valence-electron chi connectivity index (χ4n) is 3.93. The number of rotatable bonds is 8. The lowest BCUT2D eigenvalue weighted by molar-refractivity contribution is 0.102. The van der Waals surface area contributed by atoms with Gasteiger partial charge in [0, 0.05) is 32.7 Å². The van der Waals surface area contributed by atoms with Gasteiger partial charge in [0.2, 0.25) is 20.0 Å². The molecule has 0 bridgehead atoms. The largest absolute Gasteiger partial charge is 0.455 e. The molecule has 1 N–H and O–H groups in total. The Hall–Kier alpha value is -3.25. The molecule has 1 aliphatic rings. The molecule has 0 unspecified atom stereocenters. The van der Waals surface area contributed by atoms with Crippen LogP contribution >= 0.6 is 0 Å². The Morgan fingerprint density at radius 1 is 0.838 bits per heavy atom. The molecule has 0 radical (unpaired) electrons. The predicted octanol–water partition coefficient (Wildman–Crippen LogP) is 4.16. The lowest BCUT2D eigenvalue weighted by Crippen LogP contribution is -2.35. The molecule has 0 aromatic heterocycles. The van der Waals surface area contributed by atoms with E-state index < -0.39 is 26.0 Å². The maximum absolute atomic E-state index is 13.3. The summed E-state index contributed by atoms with van der Waals surface area (Å²) in [5, 5.41) is 2.72. The van der Waals surface area contributed by atoms with Crippen LogP contribution in [-0.2, 0) is 20.0 Å². The van der Waals surface area contributed by atoms with Crippen molar-refractivity contribution in [3.05, 3.63) is 78.4 Å². The molecule has 4 rings (SSSR count). The molecular weight excluding hydrogens is 514 g/mol. The minimum Gasteiger partial charge on any atom is -0.455 e. The summed E-state index contributed by atoms with van der Waals surface area (Å²) in [6.07, 6.45) is 2.58. The van der Waals surface area contributed by atoms with E-state index in [1.54, 1.807) is 24.3 Å². The normalized spacial score (nSPS) is 14.9. The van der Waals surface area contributed by atoms with Crippen LogP contribution in [0.3, 0.4) is 0 Å². The van der Waals surface area contributed by atoms with Crippen molar-refractivity contribution in [2.75, 3.05) is 32.5 Å². The first kappa shape index (κ1) is 26.8. The van der Waals surface area contributed by atoms with Gasteiger partial charge in [-0.25, -0.2) is 21.1 Å². The van der Waals surface area contributed by atoms with Crippen LogP contribution in [0.5, 0.6) is 11.5 Å². The predicted molar refractivity (Wildman–Crippen MR) is 141 cm³/mol. The summed E-state index contributed by atoms with van der Waals surface area (Å²) >= 11 is 0. The fourth-order valence-corrected chi connectivity index (χ4v) is 6.42. The van der Waals surface area contributed by atoms with Gasteiger partial charge in [-0.3, -0.25) is 4.79 Å². The molecule has 196 valence electrons. The molecule has 1 aliphatic heterocycles. The first-order valence-electron chi connectivity index (χ1n) is 11.8. The minimum atomic E-state index is -3.77. The second kappa shape index (κ2) is 11.0. The number of piperidine rings is 1. The van der Waals surface area contributed by atoms with Crippen LogP contribution in [0, 0.1) is 0 Å². The molecule has 1 amide bonds. The average Bonchev–Trinajstić information content (AvgIpc) is 2.90. The Labute approximate surface area is 217 Å². The minimum absolute atomic E-state index is 0.0349. The maximum Gasteiger partial charge on any atom is 0.255 e. The zero-order valence-corrected chi connectivity index (χ0v) is 22.3. The van der Waals surface area contributed by atoms with E-state index in [1.807, 2.05) is 6.07 Å². The third-order valence-electron chi connectivity index (χ3n) is 6.00. The number of sulfonamides is 2. The number of carbonyl (C=O) groups is 1. The highest BCUT2D eigenvalue weighted by Crippen LogP contribution is 2.33. The van der Waals surface area contributed by atoms with Gasteiger partial charge in [-0.2, -0.15) is 4.31 Å². The highest BCUT2D eigenvalue weighted by atomic mass is 32.2. The van der Waals surface area contributed by atoms with Gasteiger partial charge in [0.25, 0.3) is 5.91 Å². The van der Waals surface area contributed by atoms with Crippen molar-refractivity contribution in [1.29, 1.82) is 0 Å². The number of ether oxygens (including phenoxy) is 1. The number of benzene rings is 3. The van der Waals surface area contributed by atoms with Crippen molar-refractivity contribution >= 4 is 31.6 Å². The van der Waals surface area contributed by atoms with Crippen molar-refractivity contribution in [3.8, 4) is 11.5 Å². The van der Waals surface area contributed by atoms with Gasteiger partial charge in [0.1, 0.15) is 5.75 Å². The van der Waals surface area contributed by atoms with E-state index in [4.69, 9.17) is 4.74 Å². The van der Waals surface area contributed by atoms with Gasteiger partial charge in [-0.15, -0.1) is 0 Å². The Morgan fingerprint density at radius 3 is 2.22 bits per heavy atom. The zero-order chi connectivity index (χ0) is 26.6. The van der Waals surface area contributed by atoms with Crippen LogP contribution in [-0.4, -0.2) is 58.5 Å². The summed E-state index contributed by atoms with van der Waals surface area (Å²) in [5.74, 6) is 0.138. The topological polar surface area (TPSA) is 113 Å². The summed E-state index contributed by atoms with van der Waals surface area (Å²) in [7, 11) is -4.71. The number of carbonyl (C=O) groups excluding carboxylic acids is 1. The van der Waals surface area contributed by atoms with Crippen LogP contribution in [0.25, 0.3) is 0 Å². The molecule has 37 heavy (non-hydrogen) atoms. The molecule has 1 saturated heterocycles. The molecular formula is C26H29N3O6S2. The van der Waals surface area contributed by atoms with E-state index in [0.717, 1.165) is 23.6 Å². The number of amides is 1. The third kappa shape index (κ3) is 6.02. The van der Waals surface area contributed by atoms with E-state index >= 15 is 0 Å². The van der Waals surface area contributed by atoms with Crippen LogP contribution in [0.4, 0.5) is 5.69 Å². The Bertz CT molecular complexity index is 1480. The number of para-hydroxylation sites is 1. The van der Waals surface area contributed by atoms with Gasteiger partial charge in [-0.1, -0.05) is 30.7 Å². The first-order chi connectivity index (χ1) is 17.6.